The van der Waals surface area contributed by atoms with Crippen molar-refractivity contribution in [1.29, 1.82) is 0 Å². The number of phosphoric acid groups is 3. The van der Waals surface area contributed by atoms with Crippen LogP contribution in [0.2, 0.25) is 0 Å². The van der Waals surface area contributed by atoms with Gasteiger partial charge in [-0.3, -0.25) is 28.5 Å². The van der Waals surface area contributed by atoms with E-state index in [1.54, 1.807) is 0 Å². The lowest BCUT2D eigenvalue weighted by Crippen LogP contribution is -2.52. The molecule has 1 saturated heterocycles. The number of aliphatic carboxylic acids is 3. The minimum Gasteiger partial charge on any atom is -0.481 e. The minimum absolute atomic E-state index is 0.0324. The topological polar surface area (TPSA) is 445 Å². The molecule has 3 heterocycles. The van der Waals surface area contributed by atoms with Gasteiger partial charge in [-0.2, -0.15) is 8.62 Å². The van der Waals surface area contributed by atoms with Gasteiger partial charge in [-0.05, 0) is 12.8 Å². The fourth-order valence-electron chi connectivity index (χ4n) is 5.30. The predicted molar refractivity (Wildman–Crippen MR) is 216 cm³/mol. The van der Waals surface area contributed by atoms with Crippen LogP contribution in [0.25, 0.3) is 11.0 Å². The molecule has 0 spiro atoms. The van der Waals surface area contributed by atoms with Crippen LogP contribution >= 0.6 is 45.1 Å². The Kier molecular flexibility index (Phi) is 20.4. The molecule has 0 radical (unpaired) electrons. The standard InChI is InChI=1S/C30H42N7O21P3S2/c31-27-26-16(13-37(28(26)34-15-33-27)23-12-19(38)20(56-23)14-55-60(51,52)58-61(53,54)57-59(48,49)50)4-3-7-32-21(39)6-9-63-62-8-2-1-5-22(40)35-17(10-24(41)42)29(45)36-18(30(46)47)11-25(43)44/h13,15,17-20,23,38H,1-2,5-12,14H2,(H,32,39)(H,35,40)(H,36,45)(H,41,42)(H,43,44)(H,46,47)(H,51,52)(H,53,54)(H2,31,33,34)(H2,48,49,50). The Morgan fingerprint density at radius 1 is 0.905 bits per heavy atom. The monoisotopic (exact) mass is 993 g/mol. The molecule has 2 aromatic rings. The number of carboxylic acid groups (broad SMARTS) is 3. The Morgan fingerprint density at radius 3 is 2.22 bits per heavy atom. The highest BCUT2D eigenvalue weighted by molar-refractivity contribution is 8.76. The van der Waals surface area contributed by atoms with Gasteiger partial charge >= 0.3 is 41.4 Å². The molecule has 2 aromatic heterocycles. The SMILES string of the molecule is Nc1ncnc2c1c(C#CCNC(=O)CCSSCCCCC(=O)NC(CC(=O)O)C(=O)NC(CC(=O)O)C(=O)O)cn2C1CC(O)C(COP(=O)(O)OP(=O)(O)OP(=O)(O)O)O1. The van der Waals surface area contributed by atoms with Crippen molar-refractivity contribution in [2.24, 2.45) is 0 Å². The van der Waals surface area contributed by atoms with Gasteiger partial charge in [-0.15, -0.1) is 0 Å². The van der Waals surface area contributed by atoms with Gasteiger partial charge in [0.25, 0.3) is 0 Å². The van der Waals surface area contributed by atoms with E-state index >= 15 is 0 Å². The van der Waals surface area contributed by atoms with Gasteiger partial charge in [0, 0.05) is 37.0 Å². The molecule has 1 fully saturated rings. The molecule has 0 aromatic carbocycles. The number of rotatable bonds is 26. The summed E-state index contributed by atoms with van der Waals surface area (Å²) in [5.41, 5.74) is 6.61. The molecule has 13 N–H and O–H groups in total. The molecule has 0 aliphatic carbocycles. The smallest absolute Gasteiger partial charge is 0.481 e. The summed E-state index contributed by atoms with van der Waals surface area (Å²) in [6.07, 6.45) is -2.04. The summed E-state index contributed by atoms with van der Waals surface area (Å²) in [6.45, 7) is -0.968. The Hall–Kier alpha value is -4.17. The summed E-state index contributed by atoms with van der Waals surface area (Å²) >= 11 is 0. The van der Waals surface area contributed by atoms with E-state index in [0.29, 0.717) is 35.3 Å². The van der Waals surface area contributed by atoms with Crippen LogP contribution in [-0.2, 0) is 60.3 Å². The number of ether oxygens (including phenoxy) is 1. The number of nitrogen functional groups attached to an aromatic ring is 1. The molecule has 33 heteroatoms. The average molecular weight is 994 g/mol. The molecule has 350 valence electrons. The van der Waals surface area contributed by atoms with Crippen LogP contribution in [0.4, 0.5) is 5.82 Å². The molecule has 63 heavy (non-hydrogen) atoms. The van der Waals surface area contributed by atoms with Gasteiger partial charge in [0.1, 0.15) is 42.2 Å². The van der Waals surface area contributed by atoms with Crippen molar-refractivity contribution in [1.82, 2.24) is 30.5 Å². The molecule has 7 atom stereocenters. The zero-order valence-electron chi connectivity index (χ0n) is 32.3. The first-order valence-corrected chi connectivity index (χ1v) is 24.9. The number of fused-ring (bicyclic) bond motifs is 1. The fraction of sp³-hybridized carbons (Fsp3) is 0.533. The van der Waals surface area contributed by atoms with Crippen molar-refractivity contribution in [2.45, 2.75) is 75.5 Å². The van der Waals surface area contributed by atoms with Crippen molar-refractivity contribution < 1.29 is 100 Å². The number of nitrogens with one attached hydrogen (secondary N) is 3. The molecule has 3 rings (SSSR count). The minimum atomic E-state index is -5.76. The number of nitrogens with two attached hydrogens (primary N) is 1. The number of amides is 3. The molecule has 0 bridgehead atoms. The Balaban J connectivity index is 1.42. The second kappa shape index (κ2) is 24.2. The average Bonchev–Trinajstić information content (AvgIpc) is 3.71. The normalized spacial score (nSPS) is 19.1. The molecule has 28 nitrogen and oxygen atoms in total. The lowest BCUT2D eigenvalue weighted by molar-refractivity contribution is -0.148. The zero-order valence-corrected chi connectivity index (χ0v) is 36.6. The fourth-order valence-corrected chi connectivity index (χ4v) is 10.5. The summed E-state index contributed by atoms with van der Waals surface area (Å²) in [4.78, 5) is 115. The maximum atomic E-state index is 12.4. The van der Waals surface area contributed by atoms with Crippen molar-refractivity contribution in [2.75, 3.05) is 30.4 Å². The van der Waals surface area contributed by atoms with Crippen LogP contribution < -0.4 is 21.7 Å². The van der Waals surface area contributed by atoms with E-state index in [-0.39, 0.29) is 43.2 Å². The highest BCUT2D eigenvalue weighted by Crippen LogP contribution is 2.66. The van der Waals surface area contributed by atoms with Crippen molar-refractivity contribution >= 4 is 97.5 Å². The number of carbonyl (C=O) groups is 6. The highest BCUT2D eigenvalue weighted by Gasteiger charge is 2.43. The second-order valence-electron chi connectivity index (χ2n) is 12.9. The highest BCUT2D eigenvalue weighted by atomic mass is 33.1. The Morgan fingerprint density at radius 2 is 1.57 bits per heavy atom. The third kappa shape index (κ3) is 18.8. The van der Waals surface area contributed by atoms with Gasteiger partial charge in [-0.25, -0.2) is 28.5 Å². The largest absolute Gasteiger partial charge is 0.490 e. The summed E-state index contributed by atoms with van der Waals surface area (Å²) in [7, 11) is -14.0. The van der Waals surface area contributed by atoms with Crippen molar-refractivity contribution in [3.05, 3.63) is 18.1 Å². The molecular formula is C30H42N7O21P3S2. The van der Waals surface area contributed by atoms with Crippen LogP contribution in [0.3, 0.4) is 0 Å². The maximum absolute atomic E-state index is 12.4. The summed E-state index contributed by atoms with van der Waals surface area (Å²) < 4.78 is 53.7. The maximum Gasteiger partial charge on any atom is 0.490 e. The Bertz CT molecular complexity index is 2220. The number of hydrogen-bond donors (Lipinski definition) is 12. The molecule has 7 unspecified atom stereocenters. The third-order valence-electron chi connectivity index (χ3n) is 7.97. The number of aliphatic hydroxyl groups is 1. The summed E-state index contributed by atoms with van der Waals surface area (Å²) in [5.74, 6) is -0.0818. The third-order valence-corrected chi connectivity index (χ3v) is 14.3. The van der Waals surface area contributed by atoms with Crippen LogP contribution in [0.15, 0.2) is 12.5 Å². The number of unbranched alkanes of at least 4 members (excludes halogenated alkanes) is 1. The number of aliphatic hydroxyl groups excluding tert-OH is 1. The number of nitrogens with zero attached hydrogens (tertiary/aromatic N) is 3. The van der Waals surface area contributed by atoms with Gasteiger partial charge in [-0.1, -0.05) is 33.4 Å². The van der Waals surface area contributed by atoms with Crippen molar-refractivity contribution in [3.63, 3.8) is 0 Å². The molecular weight excluding hydrogens is 951 g/mol. The van der Waals surface area contributed by atoms with Crippen molar-refractivity contribution in [3.8, 4) is 11.8 Å². The van der Waals surface area contributed by atoms with Gasteiger partial charge in [0.15, 0.2) is 0 Å². The number of phosphoric ester groups is 1. The van der Waals surface area contributed by atoms with E-state index in [1.165, 1.54) is 32.4 Å². The van der Waals surface area contributed by atoms with E-state index < -0.39 is 103 Å². The number of anilines is 1. The van der Waals surface area contributed by atoms with E-state index in [2.05, 4.69) is 45.6 Å². The first kappa shape index (κ1) is 53.2. The van der Waals surface area contributed by atoms with Crippen LogP contribution in [0.1, 0.15) is 56.7 Å². The lowest BCUT2D eigenvalue weighted by Gasteiger charge is -2.19. The summed E-state index contributed by atoms with van der Waals surface area (Å²) in [5, 5.41) is 44.7. The van der Waals surface area contributed by atoms with Gasteiger partial charge < -0.3 is 71.0 Å². The molecule has 0 saturated carbocycles. The number of carbonyl (C=O) groups excluding carboxylic acids is 3. The van der Waals surface area contributed by atoms with E-state index in [1.807, 2.05) is 5.32 Å². The number of aromatic nitrogens is 3. The first-order valence-electron chi connectivity index (χ1n) is 17.9. The van der Waals surface area contributed by atoms with Crippen LogP contribution in [-0.4, -0.2) is 139 Å². The van der Waals surface area contributed by atoms with Gasteiger partial charge in [0.2, 0.25) is 17.7 Å². The van der Waals surface area contributed by atoms with E-state index in [0.717, 1.165) is 6.33 Å². The quantitative estimate of drug-likeness (QED) is 0.0243. The van der Waals surface area contributed by atoms with Crippen LogP contribution in [0, 0.1) is 11.8 Å². The first-order chi connectivity index (χ1) is 29.4. The second-order valence-corrected chi connectivity index (χ2v) is 20.0. The molecule has 1 aliphatic rings. The van der Waals surface area contributed by atoms with E-state index in [9.17, 15) is 57.4 Å². The number of carboxylic acids is 3. The lowest BCUT2D eigenvalue weighted by atomic mass is 10.1. The Labute approximate surface area is 363 Å². The van der Waals surface area contributed by atoms with Gasteiger partial charge in [0.05, 0.1) is 43.0 Å². The number of hydrogen-bond acceptors (Lipinski definition) is 19. The molecule has 1 aliphatic heterocycles. The van der Waals surface area contributed by atoms with Crippen LogP contribution in [0.5, 0.6) is 0 Å². The zero-order chi connectivity index (χ0) is 47.1. The summed E-state index contributed by atoms with van der Waals surface area (Å²) in [6, 6.07) is -3.46. The predicted octanol–water partition coefficient (Wildman–Crippen LogP) is -0.582. The van der Waals surface area contributed by atoms with E-state index in [4.69, 9.17) is 35.6 Å². The molecule has 3 amide bonds.